The van der Waals surface area contributed by atoms with Gasteiger partial charge in [-0.05, 0) is 7.05 Å². The van der Waals surface area contributed by atoms with Crippen LogP contribution in [0.3, 0.4) is 0 Å². The Labute approximate surface area is 44.7 Å². The number of rotatable bonds is 0. The molecule has 40 valence electrons. The molecule has 0 saturated carbocycles. The second-order valence-electron chi connectivity index (χ2n) is 2.06. The van der Waals surface area contributed by atoms with Gasteiger partial charge in [-0.3, -0.25) is 0 Å². The molecule has 2 radical (unpaired) electrons. The highest BCUT2D eigenvalue weighted by molar-refractivity contribution is 4.56. The first-order chi connectivity index (χ1) is 3.29. The molecule has 1 unspecified atom stereocenters. The highest BCUT2D eigenvalue weighted by Gasteiger charge is 2.18. The van der Waals surface area contributed by atoms with Crippen molar-refractivity contribution in [3.63, 3.8) is 0 Å². The molecule has 7 heavy (non-hydrogen) atoms. The van der Waals surface area contributed by atoms with Crippen LogP contribution >= 0.6 is 0 Å². The van der Waals surface area contributed by atoms with Crippen LogP contribution < -0.4 is 4.90 Å². The van der Waals surface area contributed by atoms with Crippen molar-refractivity contribution < 1.29 is 4.90 Å². The van der Waals surface area contributed by atoms with Crippen molar-refractivity contribution in [2.75, 3.05) is 27.2 Å². The van der Waals surface area contributed by atoms with Gasteiger partial charge >= 0.3 is 6.67 Å². The summed E-state index contributed by atoms with van der Waals surface area (Å²) in [4.78, 5) is 3.47. The summed E-state index contributed by atoms with van der Waals surface area (Å²) in [7, 11) is 4.17. The Kier molecular flexibility index (Phi) is 1.30. The van der Waals surface area contributed by atoms with Crippen molar-refractivity contribution >= 4 is 0 Å². The first-order valence-corrected chi connectivity index (χ1v) is 2.59. The molecule has 0 amide bonds. The van der Waals surface area contributed by atoms with E-state index in [9.17, 15) is 0 Å². The SMILES string of the molecule is CN1[C][NH+](C)CC1. The molecule has 0 aromatic carbocycles. The maximum atomic E-state index is 3.17. The van der Waals surface area contributed by atoms with Gasteiger partial charge < -0.3 is 4.90 Å². The van der Waals surface area contributed by atoms with Crippen LogP contribution in [0.1, 0.15) is 0 Å². The van der Waals surface area contributed by atoms with Gasteiger partial charge in [-0.15, -0.1) is 0 Å². The Bertz CT molecular complexity index is 55.1. The molecule has 1 heterocycles. The summed E-state index contributed by atoms with van der Waals surface area (Å²) >= 11 is 0. The van der Waals surface area contributed by atoms with Gasteiger partial charge in [0.15, 0.2) is 0 Å². The summed E-state index contributed by atoms with van der Waals surface area (Å²) < 4.78 is 0. The Morgan fingerprint density at radius 2 is 2.43 bits per heavy atom. The fourth-order valence-electron chi connectivity index (χ4n) is 0.773. The zero-order valence-electron chi connectivity index (χ0n) is 4.86. The van der Waals surface area contributed by atoms with Crippen molar-refractivity contribution in [2.24, 2.45) is 0 Å². The second kappa shape index (κ2) is 1.80. The standard InChI is InChI=1S/C5H11N2/c1-6-3-4-7(2)5-6/h6H,3-4H2,1-2H3/q+1. The molecule has 0 aromatic heterocycles. The predicted molar refractivity (Wildman–Crippen MR) is 27.6 cm³/mol. The Hall–Kier alpha value is -0.0800. The molecular weight excluding hydrogens is 88.1 g/mol. The topological polar surface area (TPSA) is 7.68 Å². The molecule has 1 aliphatic heterocycles. The number of nitrogens with zero attached hydrogens (tertiary/aromatic N) is 1. The van der Waals surface area contributed by atoms with Gasteiger partial charge in [-0.2, -0.15) is 0 Å². The molecule has 1 aliphatic rings. The molecular formula is C5H11N2+. The summed E-state index contributed by atoms with van der Waals surface area (Å²) in [6.07, 6.45) is 0. The van der Waals surface area contributed by atoms with Crippen LogP contribution in [0.25, 0.3) is 0 Å². The molecule has 1 rings (SSSR count). The van der Waals surface area contributed by atoms with Crippen LogP contribution in [0.15, 0.2) is 0 Å². The van der Waals surface area contributed by atoms with Crippen molar-refractivity contribution in [3.05, 3.63) is 6.67 Å². The van der Waals surface area contributed by atoms with Gasteiger partial charge in [0.05, 0.1) is 20.1 Å². The van der Waals surface area contributed by atoms with E-state index in [4.69, 9.17) is 0 Å². The lowest BCUT2D eigenvalue weighted by atomic mass is 10.6. The molecule has 0 bridgehead atoms. The maximum absolute atomic E-state index is 3.17. The van der Waals surface area contributed by atoms with E-state index in [1.54, 1.807) is 0 Å². The summed E-state index contributed by atoms with van der Waals surface area (Å²) in [6.45, 7) is 5.53. The van der Waals surface area contributed by atoms with Gasteiger partial charge in [-0.1, -0.05) is 0 Å². The molecule has 1 atom stereocenters. The van der Waals surface area contributed by atoms with Gasteiger partial charge in [0.1, 0.15) is 0 Å². The largest absolute Gasteiger partial charge is 0.312 e. The van der Waals surface area contributed by atoms with E-state index in [-0.39, 0.29) is 0 Å². The minimum absolute atomic E-state index is 1.16. The fraction of sp³-hybridized carbons (Fsp3) is 0.800. The van der Waals surface area contributed by atoms with Crippen LogP contribution in [-0.4, -0.2) is 32.1 Å². The zero-order chi connectivity index (χ0) is 5.28. The number of hydrogen-bond donors (Lipinski definition) is 1. The van der Waals surface area contributed by atoms with E-state index in [1.165, 1.54) is 11.4 Å². The first kappa shape index (κ1) is 5.06. The lowest BCUT2D eigenvalue weighted by molar-refractivity contribution is -0.839. The molecule has 1 saturated heterocycles. The molecule has 1 N–H and O–H groups in total. The quantitative estimate of drug-likeness (QED) is 0.386. The van der Waals surface area contributed by atoms with E-state index in [0.717, 1.165) is 6.54 Å². The summed E-state index contributed by atoms with van der Waals surface area (Å²) in [5.41, 5.74) is 0. The minimum Gasteiger partial charge on any atom is -0.305 e. The second-order valence-corrected chi connectivity index (χ2v) is 2.06. The molecule has 2 heteroatoms. The van der Waals surface area contributed by atoms with Crippen LogP contribution in [-0.2, 0) is 0 Å². The molecule has 2 nitrogen and oxygen atoms in total. The Balaban J connectivity index is 2.26. The molecule has 1 fully saturated rings. The van der Waals surface area contributed by atoms with Crippen molar-refractivity contribution in [1.82, 2.24) is 4.90 Å². The van der Waals surface area contributed by atoms with E-state index in [2.05, 4.69) is 25.7 Å². The smallest absolute Gasteiger partial charge is 0.305 e. The van der Waals surface area contributed by atoms with Crippen molar-refractivity contribution in [3.8, 4) is 0 Å². The fourth-order valence-corrected chi connectivity index (χ4v) is 0.773. The minimum atomic E-state index is 1.16. The third-order valence-electron chi connectivity index (χ3n) is 1.20. The normalized spacial score (nSPS) is 34.3. The van der Waals surface area contributed by atoms with Gasteiger partial charge in [0.2, 0.25) is 0 Å². The lowest BCUT2D eigenvalue weighted by Crippen LogP contribution is -3.04. The summed E-state index contributed by atoms with van der Waals surface area (Å²) in [5.74, 6) is 0. The Morgan fingerprint density at radius 3 is 2.57 bits per heavy atom. The third-order valence-corrected chi connectivity index (χ3v) is 1.20. The van der Waals surface area contributed by atoms with Crippen LogP contribution in [0.4, 0.5) is 0 Å². The Morgan fingerprint density at radius 1 is 1.71 bits per heavy atom. The lowest BCUT2D eigenvalue weighted by Gasteiger charge is -1.97. The number of likely N-dealkylation sites (N-methyl/N-ethyl adjacent to an activating group) is 2. The van der Waals surface area contributed by atoms with E-state index in [1.807, 2.05) is 0 Å². The average molecular weight is 99.2 g/mol. The molecule has 0 aromatic rings. The van der Waals surface area contributed by atoms with Gasteiger partial charge in [-0.25, -0.2) is 4.90 Å². The number of hydrogen-bond acceptors (Lipinski definition) is 1. The van der Waals surface area contributed by atoms with E-state index >= 15 is 0 Å². The number of quaternary nitrogens is 1. The van der Waals surface area contributed by atoms with Crippen molar-refractivity contribution in [2.45, 2.75) is 0 Å². The van der Waals surface area contributed by atoms with Gasteiger partial charge in [0, 0.05) is 0 Å². The highest BCUT2D eigenvalue weighted by Crippen LogP contribution is 1.82. The third kappa shape index (κ3) is 1.14. The molecule has 0 spiro atoms. The van der Waals surface area contributed by atoms with E-state index < -0.39 is 0 Å². The monoisotopic (exact) mass is 99.1 g/mol. The average Bonchev–Trinajstić information content (AvgIpc) is 1.87. The zero-order valence-corrected chi connectivity index (χ0v) is 4.86. The van der Waals surface area contributed by atoms with Crippen LogP contribution in [0.5, 0.6) is 0 Å². The van der Waals surface area contributed by atoms with Crippen LogP contribution in [0, 0.1) is 6.67 Å². The maximum Gasteiger partial charge on any atom is 0.312 e. The number of nitrogens with one attached hydrogen (secondary N) is 1. The molecule has 0 aliphatic carbocycles. The first-order valence-electron chi connectivity index (χ1n) is 2.59. The van der Waals surface area contributed by atoms with Gasteiger partial charge in [0.25, 0.3) is 0 Å². The van der Waals surface area contributed by atoms with E-state index in [0.29, 0.717) is 0 Å². The highest BCUT2D eigenvalue weighted by atomic mass is 15.3. The van der Waals surface area contributed by atoms with Crippen molar-refractivity contribution in [1.29, 1.82) is 0 Å². The summed E-state index contributed by atoms with van der Waals surface area (Å²) in [6, 6.07) is 0. The predicted octanol–water partition coefficient (Wildman–Crippen LogP) is -1.56. The summed E-state index contributed by atoms with van der Waals surface area (Å²) in [5, 5.41) is 0. The van der Waals surface area contributed by atoms with Crippen LogP contribution in [0.2, 0.25) is 0 Å².